The van der Waals surface area contributed by atoms with E-state index in [0.29, 0.717) is 38.1 Å². The standard InChI is InChI=1S/C30H27ClN4O2S/c1-18-13-14-19(2)25(15-18)35-26(36)17-38-30-23(16-32)28(22-11-7-8-12-24(22)31)27(20(3)33-30)29(37)34-21-9-5-4-6-10-21/h4-15,28,33H,17H2,1-3H3,(H,34,37)(H,35,36). The predicted molar refractivity (Wildman–Crippen MR) is 155 cm³/mol. The lowest BCUT2D eigenvalue weighted by molar-refractivity contribution is -0.114. The summed E-state index contributed by atoms with van der Waals surface area (Å²) in [5.74, 6) is -1.16. The Morgan fingerprint density at radius 3 is 2.42 bits per heavy atom. The molecule has 8 heteroatoms. The van der Waals surface area contributed by atoms with Crippen LogP contribution in [-0.2, 0) is 9.59 Å². The summed E-state index contributed by atoms with van der Waals surface area (Å²) >= 11 is 7.79. The van der Waals surface area contributed by atoms with Crippen LogP contribution in [0.1, 0.15) is 29.5 Å². The van der Waals surface area contributed by atoms with Gasteiger partial charge in [-0.05, 0) is 61.7 Å². The fraction of sp³-hybridized carbons (Fsp3) is 0.167. The summed E-state index contributed by atoms with van der Waals surface area (Å²) in [4.78, 5) is 26.3. The molecule has 0 aromatic heterocycles. The Labute approximate surface area is 231 Å². The number of aryl methyl sites for hydroxylation is 2. The monoisotopic (exact) mass is 542 g/mol. The van der Waals surface area contributed by atoms with Crippen LogP contribution in [0.15, 0.2) is 94.7 Å². The Morgan fingerprint density at radius 1 is 1.00 bits per heavy atom. The van der Waals surface area contributed by atoms with Crippen molar-refractivity contribution in [2.75, 3.05) is 16.4 Å². The Hall–Kier alpha value is -3.99. The highest BCUT2D eigenvalue weighted by molar-refractivity contribution is 8.03. The van der Waals surface area contributed by atoms with E-state index >= 15 is 0 Å². The molecule has 38 heavy (non-hydrogen) atoms. The third-order valence-corrected chi connectivity index (χ3v) is 7.52. The molecule has 1 aliphatic rings. The number of hydrogen-bond donors (Lipinski definition) is 3. The van der Waals surface area contributed by atoms with E-state index in [2.05, 4.69) is 22.0 Å². The van der Waals surface area contributed by atoms with Crippen molar-refractivity contribution in [2.45, 2.75) is 26.7 Å². The second-order valence-electron chi connectivity index (χ2n) is 8.95. The smallest absolute Gasteiger partial charge is 0.254 e. The average molecular weight is 543 g/mol. The number of allylic oxidation sites excluding steroid dienone is 2. The number of anilines is 2. The van der Waals surface area contributed by atoms with Crippen LogP contribution >= 0.6 is 23.4 Å². The lowest BCUT2D eigenvalue weighted by atomic mass is 9.82. The van der Waals surface area contributed by atoms with E-state index in [1.165, 1.54) is 11.8 Å². The van der Waals surface area contributed by atoms with E-state index in [0.717, 1.165) is 16.8 Å². The first-order valence-corrected chi connectivity index (χ1v) is 13.4. The predicted octanol–water partition coefficient (Wildman–Crippen LogP) is 6.66. The molecule has 1 heterocycles. The highest BCUT2D eigenvalue weighted by Crippen LogP contribution is 2.43. The summed E-state index contributed by atoms with van der Waals surface area (Å²) < 4.78 is 0. The number of nitriles is 1. The van der Waals surface area contributed by atoms with Gasteiger partial charge in [0.05, 0.1) is 28.3 Å². The van der Waals surface area contributed by atoms with Crippen molar-refractivity contribution in [1.29, 1.82) is 5.26 Å². The summed E-state index contributed by atoms with van der Waals surface area (Å²) in [6.45, 7) is 5.69. The average Bonchev–Trinajstić information content (AvgIpc) is 2.90. The number of rotatable bonds is 7. The van der Waals surface area contributed by atoms with E-state index in [1.54, 1.807) is 31.2 Å². The number of thioether (sulfide) groups is 1. The maximum Gasteiger partial charge on any atom is 0.254 e. The molecule has 0 spiro atoms. The van der Waals surface area contributed by atoms with Gasteiger partial charge in [-0.15, -0.1) is 0 Å². The van der Waals surface area contributed by atoms with Gasteiger partial charge >= 0.3 is 0 Å². The lowest BCUT2D eigenvalue weighted by Crippen LogP contribution is -2.31. The van der Waals surface area contributed by atoms with E-state index in [1.807, 2.05) is 62.4 Å². The van der Waals surface area contributed by atoms with Crippen LogP contribution in [0.3, 0.4) is 0 Å². The minimum absolute atomic E-state index is 0.0783. The van der Waals surface area contributed by atoms with Gasteiger partial charge in [0.1, 0.15) is 0 Å². The summed E-state index contributed by atoms with van der Waals surface area (Å²) in [6, 6.07) is 24.5. The van der Waals surface area contributed by atoms with Crippen LogP contribution in [0, 0.1) is 25.2 Å². The molecule has 0 bridgehead atoms. The van der Waals surface area contributed by atoms with Gasteiger partial charge in [0.2, 0.25) is 5.91 Å². The summed E-state index contributed by atoms with van der Waals surface area (Å²) in [5.41, 5.74) is 5.35. The number of halogens is 1. The zero-order valence-corrected chi connectivity index (χ0v) is 22.8. The molecule has 0 aliphatic carbocycles. The SMILES string of the molecule is CC1=C(C(=O)Nc2ccccc2)C(c2ccccc2Cl)C(C#N)=C(SCC(=O)Nc2cc(C)ccc2C)N1. The van der Waals surface area contributed by atoms with Crippen LogP contribution < -0.4 is 16.0 Å². The molecule has 2 amide bonds. The zero-order valence-electron chi connectivity index (χ0n) is 21.3. The highest BCUT2D eigenvalue weighted by Gasteiger charge is 2.36. The number of nitrogens with zero attached hydrogens (tertiary/aromatic N) is 1. The van der Waals surface area contributed by atoms with E-state index in [9.17, 15) is 14.9 Å². The molecule has 3 N–H and O–H groups in total. The molecule has 0 saturated carbocycles. The third-order valence-electron chi connectivity index (χ3n) is 6.15. The molecule has 3 aromatic carbocycles. The summed E-state index contributed by atoms with van der Waals surface area (Å²) in [6.07, 6.45) is 0. The topological polar surface area (TPSA) is 94.0 Å². The molecule has 6 nitrogen and oxygen atoms in total. The Kier molecular flexibility index (Phi) is 8.57. The van der Waals surface area contributed by atoms with Gasteiger partial charge in [-0.1, -0.05) is 71.9 Å². The van der Waals surface area contributed by atoms with Crippen molar-refractivity contribution in [3.8, 4) is 6.07 Å². The molecule has 3 aromatic rings. The maximum atomic E-state index is 13.5. The van der Waals surface area contributed by atoms with E-state index in [4.69, 9.17) is 11.6 Å². The van der Waals surface area contributed by atoms with Crippen LogP contribution in [0.25, 0.3) is 0 Å². The van der Waals surface area contributed by atoms with Crippen LogP contribution in [0.4, 0.5) is 11.4 Å². The van der Waals surface area contributed by atoms with Gasteiger partial charge in [-0.2, -0.15) is 5.26 Å². The van der Waals surface area contributed by atoms with Crippen molar-refractivity contribution in [3.05, 3.63) is 116 Å². The number of benzene rings is 3. The molecule has 1 aliphatic heterocycles. The number of amides is 2. The molecule has 0 fully saturated rings. The van der Waals surface area contributed by atoms with Crippen molar-refractivity contribution >= 4 is 46.6 Å². The fourth-order valence-electron chi connectivity index (χ4n) is 4.26. The van der Waals surface area contributed by atoms with Crippen LogP contribution in [-0.4, -0.2) is 17.6 Å². The van der Waals surface area contributed by atoms with Crippen molar-refractivity contribution in [1.82, 2.24) is 5.32 Å². The normalized spacial score (nSPS) is 15.0. The fourth-order valence-corrected chi connectivity index (χ4v) is 5.40. The molecular formula is C30H27ClN4O2S. The van der Waals surface area contributed by atoms with Crippen molar-refractivity contribution in [3.63, 3.8) is 0 Å². The minimum Gasteiger partial charge on any atom is -0.353 e. The van der Waals surface area contributed by atoms with Gasteiger partial charge in [0, 0.05) is 27.7 Å². The highest BCUT2D eigenvalue weighted by atomic mass is 35.5. The Bertz CT molecular complexity index is 1490. The van der Waals surface area contributed by atoms with Gasteiger partial charge in [0.25, 0.3) is 5.91 Å². The van der Waals surface area contributed by atoms with Crippen LogP contribution in [0.2, 0.25) is 5.02 Å². The first-order chi connectivity index (χ1) is 18.3. The molecule has 1 unspecified atom stereocenters. The molecular weight excluding hydrogens is 516 g/mol. The number of para-hydroxylation sites is 1. The molecule has 0 saturated heterocycles. The number of dihydropyridines is 1. The lowest BCUT2D eigenvalue weighted by Gasteiger charge is -2.30. The third kappa shape index (κ3) is 6.10. The summed E-state index contributed by atoms with van der Waals surface area (Å²) in [5, 5.41) is 20.3. The van der Waals surface area contributed by atoms with Crippen LogP contribution in [0.5, 0.6) is 0 Å². The molecule has 1 atom stereocenters. The Balaban J connectivity index is 1.64. The Morgan fingerprint density at radius 2 is 1.71 bits per heavy atom. The number of carbonyl (C=O) groups is 2. The first-order valence-electron chi connectivity index (χ1n) is 12.0. The largest absolute Gasteiger partial charge is 0.353 e. The van der Waals surface area contributed by atoms with Crippen molar-refractivity contribution < 1.29 is 9.59 Å². The second kappa shape index (κ2) is 12.0. The first kappa shape index (κ1) is 27.1. The molecule has 4 rings (SSSR count). The maximum absolute atomic E-state index is 13.5. The van der Waals surface area contributed by atoms with Gasteiger partial charge < -0.3 is 16.0 Å². The van der Waals surface area contributed by atoms with E-state index in [-0.39, 0.29) is 17.6 Å². The number of nitrogens with one attached hydrogen (secondary N) is 3. The van der Waals surface area contributed by atoms with Gasteiger partial charge in [0.15, 0.2) is 0 Å². The minimum atomic E-state index is -0.705. The van der Waals surface area contributed by atoms with Gasteiger partial charge in [-0.3, -0.25) is 9.59 Å². The van der Waals surface area contributed by atoms with Gasteiger partial charge in [-0.25, -0.2) is 0 Å². The quantitative estimate of drug-likeness (QED) is 0.310. The molecule has 0 radical (unpaired) electrons. The number of hydrogen-bond acceptors (Lipinski definition) is 5. The van der Waals surface area contributed by atoms with E-state index < -0.39 is 5.92 Å². The summed E-state index contributed by atoms with van der Waals surface area (Å²) in [7, 11) is 0. The molecule has 192 valence electrons. The second-order valence-corrected chi connectivity index (χ2v) is 10.3. The number of carbonyl (C=O) groups excluding carboxylic acids is 2. The van der Waals surface area contributed by atoms with Crippen molar-refractivity contribution in [2.24, 2.45) is 0 Å². The zero-order chi connectivity index (χ0) is 27.2.